The van der Waals surface area contributed by atoms with E-state index in [2.05, 4.69) is 4.98 Å². The predicted molar refractivity (Wildman–Crippen MR) is 52.8 cm³/mol. The van der Waals surface area contributed by atoms with Crippen molar-refractivity contribution in [2.45, 2.75) is 0 Å². The quantitative estimate of drug-likeness (QED) is 0.563. The molecule has 0 atom stereocenters. The first kappa shape index (κ1) is 8.89. The van der Waals surface area contributed by atoms with Gasteiger partial charge in [0.2, 0.25) is 0 Å². The molecular formula is C8H6N2O3S. The van der Waals surface area contributed by atoms with Crippen molar-refractivity contribution >= 4 is 27.2 Å². The number of nitro groups is 1. The SMILES string of the molecule is COc1ccc2scnc2c1[N+](=O)[O-]. The highest BCUT2D eigenvalue weighted by atomic mass is 32.1. The molecule has 2 rings (SSSR count). The van der Waals surface area contributed by atoms with Gasteiger partial charge in [0.05, 0.1) is 22.2 Å². The van der Waals surface area contributed by atoms with Crippen molar-refractivity contribution in [1.82, 2.24) is 4.98 Å². The Bertz CT molecular complexity index is 494. The summed E-state index contributed by atoms with van der Waals surface area (Å²) in [6.07, 6.45) is 0. The van der Waals surface area contributed by atoms with Gasteiger partial charge in [0.15, 0.2) is 11.3 Å². The van der Waals surface area contributed by atoms with Gasteiger partial charge in [-0.15, -0.1) is 11.3 Å². The molecule has 1 aromatic carbocycles. The number of thiazole rings is 1. The molecule has 0 aliphatic carbocycles. The Labute approximate surface area is 83.1 Å². The van der Waals surface area contributed by atoms with Gasteiger partial charge in [0.1, 0.15) is 0 Å². The zero-order valence-corrected chi connectivity index (χ0v) is 8.08. The van der Waals surface area contributed by atoms with Crippen LogP contribution in [-0.4, -0.2) is 17.0 Å². The number of fused-ring (bicyclic) bond motifs is 1. The maximum atomic E-state index is 10.8. The summed E-state index contributed by atoms with van der Waals surface area (Å²) in [6.45, 7) is 0. The topological polar surface area (TPSA) is 65.3 Å². The Balaban J connectivity index is 2.82. The van der Waals surface area contributed by atoms with Crippen LogP contribution in [0.4, 0.5) is 5.69 Å². The molecular weight excluding hydrogens is 204 g/mol. The number of hydrogen-bond donors (Lipinski definition) is 0. The van der Waals surface area contributed by atoms with Crippen LogP contribution in [0.5, 0.6) is 5.75 Å². The molecule has 0 radical (unpaired) electrons. The molecule has 0 spiro atoms. The first-order valence-corrected chi connectivity index (χ1v) is 4.66. The van der Waals surface area contributed by atoms with Crippen molar-refractivity contribution < 1.29 is 9.66 Å². The maximum absolute atomic E-state index is 10.8. The minimum Gasteiger partial charge on any atom is -0.490 e. The molecule has 0 N–H and O–H groups in total. The van der Waals surface area contributed by atoms with Crippen LogP contribution in [0.3, 0.4) is 0 Å². The molecule has 0 unspecified atom stereocenters. The number of nitro benzene ring substituents is 1. The summed E-state index contributed by atoms with van der Waals surface area (Å²) in [5.41, 5.74) is 1.91. The number of benzene rings is 1. The van der Waals surface area contributed by atoms with E-state index in [0.717, 1.165) is 4.70 Å². The van der Waals surface area contributed by atoms with Crippen LogP contribution < -0.4 is 4.74 Å². The molecule has 5 nitrogen and oxygen atoms in total. The molecule has 0 fully saturated rings. The van der Waals surface area contributed by atoms with Crippen LogP contribution in [-0.2, 0) is 0 Å². The number of aromatic nitrogens is 1. The number of nitrogens with zero attached hydrogens (tertiary/aromatic N) is 2. The summed E-state index contributed by atoms with van der Waals surface area (Å²) in [5, 5.41) is 10.8. The highest BCUT2D eigenvalue weighted by Gasteiger charge is 2.20. The molecule has 0 aliphatic heterocycles. The van der Waals surface area contributed by atoms with Crippen molar-refractivity contribution in [1.29, 1.82) is 0 Å². The third-order valence-corrected chi connectivity index (χ3v) is 2.64. The van der Waals surface area contributed by atoms with Gasteiger partial charge in [0, 0.05) is 0 Å². The Morgan fingerprint density at radius 3 is 3.00 bits per heavy atom. The van der Waals surface area contributed by atoms with Crippen LogP contribution in [0.2, 0.25) is 0 Å². The van der Waals surface area contributed by atoms with Gasteiger partial charge < -0.3 is 4.74 Å². The van der Waals surface area contributed by atoms with E-state index in [1.165, 1.54) is 18.4 Å². The summed E-state index contributed by atoms with van der Waals surface area (Å²) in [7, 11) is 1.40. The van der Waals surface area contributed by atoms with Gasteiger partial charge in [-0.05, 0) is 12.1 Å². The van der Waals surface area contributed by atoms with Gasteiger partial charge in [-0.3, -0.25) is 10.1 Å². The van der Waals surface area contributed by atoms with E-state index in [0.29, 0.717) is 5.52 Å². The highest BCUT2D eigenvalue weighted by molar-refractivity contribution is 7.16. The van der Waals surface area contributed by atoms with Gasteiger partial charge in [-0.1, -0.05) is 0 Å². The molecule has 6 heteroatoms. The third-order valence-electron chi connectivity index (χ3n) is 1.84. The molecule has 0 aliphatic rings. The smallest absolute Gasteiger partial charge is 0.337 e. The Hall–Kier alpha value is -1.69. The van der Waals surface area contributed by atoms with Crippen LogP contribution in [0.1, 0.15) is 0 Å². The Kier molecular flexibility index (Phi) is 2.05. The van der Waals surface area contributed by atoms with Crippen LogP contribution >= 0.6 is 11.3 Å². The lowest BCUT2D eigenvalue weighted by molar-refractivity contribution is -0.384. The Morgan fingerprint density at radius 1 is 1.57 bits per heavy atom. The summed E-state index contributed by atoms with van der Waals surface area (Å²) >= 11 is 1.37. The van der Waals surface area contributed by atoms with Crippen molar-refractivity contribution in [2.75, 3.05) is 7.11 Å². The van der Waals surface area contributed by atoms with E-state index in [1.54, 1.807) is 17.6 Å². The molecule has 1 aromatic heterocycles. The fourth-order valence-corrected chi connectivity index (χ4v) is 1.92. The second-order valence-corrected chi connectivity index (χ2v) is 3.46. The number of rotatable bonds is 2. The zero-order chi connectivity index (χ0) is 10.1. The predicted octanol–water partition coefficient (Wildman–Crippen LogP) is 2.21. The second kappa shape index (κ2) is 3.22. The minimum absolute atomic E-state index is 0.0637. The van der Waals surface area contributed by atoms with Gasteiger partial charge in [0.25, 0.3) is 0 Å². The van der Waals surface area contributed by atoms with E-state index >= 15 is 0 Å². The molecule has 0 saturated carbocycles. The normalized spacial score (nSPS) is 10.4. The molecule has 1 heterocycles. The first-order valence-electron chi connectivity index (χ1n) is 3.78. The highest BCUT2D eigenvalue weighted by Crippen LogP contribution is 2.35. The van der Waals surface area contributed by atoms with Gasteiger partial charge in [-0.25, -0.2) is 4.98 Å². The minimum atomic E-state index is -0.471. The van der Waals surface area contributed by atoms with Crippen LogP contribution in [0.25, 0.3) is 10.2 Å². The lowest BCUT2D eigenvalue weighted by atomic mass is 10.2. The number of methoxy groups -OCH3 is 1. The van der Waals surface area contributed by atoms with Gasteiger partial charge in [-0.2, -0.15) is 0 Å². The summed E-state index contributed by atoms with van der Waals surface area (Å²) in [5.74, 6) is 0.244. The largest absolute Gasteiger partial charge is 0.490 e. The van der Waals surface area contributed by atoms with E-state index in [4.69, 9.17) is 4.74 Å². The summed E-state index contributed by atoms with van der Waals surface area (Å²) in [4.78, 5) is 14.3. The zero-order valence-electron chi connectivity index (χ0n) is 7.26. The van der Waals surface area contributed by atoms with Gasteiger partial charge >= 0.3 is 5.69 Å². The van der Waals surface area contributed by atoms with Crippen LogP contribution in [0.15, 0.2) is 17.6 Å². The monoisotopic (exact) mass is 210 g/mol. The lowest BCUT2D eigenvalue weighted by Crippen LogP contribution is -1.94. The fourth-order valence-electron chi connectivity index (χ4n) is 1.24. The lowest BCUT2D eigenvalue weighted by Gasteiger charge is -2.00. The maximum Gasteiger partial charge on any atom is 0.337 e. The van der Waals surface area contributed by atoms with E-state index in [1.807, 2.05) is 0 Å². The first-order chi connectivity index (χ1) is 6.74. The van der Waals surface area contributed by atoms with Crippen molar-refractivity contribution in [3.63, 3.8) is 0 Å². The van der Waals surface area contributed by atoms with Crippen molar-refractivity contribution in [3.05, 3.63) is 27.8 Å². The van der Waals surface area contributed by atoms with Crippen LogP contribution in [0, 0.1) is 10.1 Å². The average Bonchev–Trinajstić information content (AvgIpc) is 2.62. The Morgan fingerprint density at radius 2 is 2.36 bits per heavy atom. The fraction of sp³-hybridized carbons (Fsp3) is 0.125. The number of ether oxygens (including phenoxy) is 1. The second-order valence-electron chi connectivity index (χ2n) is 2.57. The summed E-state index contributed by atoms with van der Waals surface area (Å²) in [6, 6.07) is 3.34. The average molecular weight is 210 g/mol. The van der Waals surface area contributed by atoms with Crippen molar-refractivity contribution in [3.8, 4) is 5.75 Å². The molecule has 72 valence electrons. The van der Waals surface area contributed by atoms with E-state index in [-0.39, 0.29) is 11.4 Å². The summed E-state index contributed by atoms with van der Waals surface area (Å²) < 4.78 is 5.70. The number of hydrogen-bond acceptors (Lipinski definition) is 5. The molecule has 14 heavy (non-hydrogen) atoms. The molecule has 2 aromatic rings. The standard InChI is InChI=1S/C8H6N2O3S/c1-13-5-2-3-6-7(9-4-14-6)8(5)10(11)12/h2-4H,1H3. The van der Waals surface area contributed by atoms with Crippen molar-refractivity contribution in [2.24, 2.45) is 0 Å². The molecule has 0 saturated heterocycles. The molecule has 0 amide bonds. The van der Waals surface area contributed by atoms with E-state index in [9.17, 15) is 10.1 Å². The molecule has 0 bridgehead atoms. The third kappa shape index (κ3) is 1.20. The van der Waals surface area contributed by atoms with E-state index < -0.39 is 4.92 Å².